The number of phenolic OH excluding ortho intramolecular Hbond substituents is 1. The average molecular weight is 491 g/mol. The summed E-state index contributed by atoms with van der Waals surface area (Å²) in [7, 11) is 0. The van der Waals surface area contributed by atoms with Gasteiger partial charge >= 0.3 is 5.97 Å². The van der Waals surface area contributed by atoms with E-state index in [-0.39, 0.29) is 36.9 Å². The molecule has 0 radical (unpaired) electrons. The second kappa shape index (κ2) is 10.7. The SMILES string of the molecule is CCC(=O)NCC(CCC(=O)O)n1nc(-c2ccc(Oc3ccc(O)cc3)cc2)c2c(N)ncnc21. The van der Waals surface area contributed by atoms with E-state index in [1.54, 1.807) is 35.9 Å². The zero-order chi connectivity index (χ0) is 25.7. The lowest BCUT2D eigenvalue weighted by Gasteiger charge is -2.18. The van der Waals surface area contributed by atoms with Crippen LogP contribution in [0, 0.1) is 0 Å². The molecule has 186 valence electrons. The molecule has 2 heterocycles. The molecule has 0 aliphatic heterocycles. The molecule has 1 atom stereocenters. The van der Waals surface area contributed by atoms with Crippen LogP contribution in [0.15, 0.2) is 54.9 Å². The topological polar surface area (TPSA) is 165 Å². The molecule has 1 amide bonds. The van der Waals surface area contributed by atoms with E-state index in [1.165, 1.54) is 18.5 Å². The van der Waals surface area contributed by atoms with Crippen LogP contribution in [0.5, 0.6) is 17.2 Å². The van der Waals surface area contributed by atoms with Gasteiger partial charge in [-0.3, -0.25) is 9.59 Å². The molecular formula is C25H26N6O5. The van der Waals surface area contributed by atoms with Crippen LogP contribution in [0.1, 0.15) is 32.2 Å². The number of carboxylic acid groups (broad SMARTS) is 1. The van der Waals surface area contributed by atoms with E-state index in [1.807, 2.05) is 12.1 Å². The quantitative estimate of drug-likeness (QED) is 0.260. The molecule has 2 aromatic heterocycles. The molecule has 0 fully saturated rings. The van der Waals surface area contributed by atoms with Crippen molar-refractivity contribution in [3.05, 3.63) is 54.9 Å². The Morgan fingerprint density at radius 3 is 2.39 bits per heavy atom. The maximum absolute atomic E-state index is 11.9. The molecule has 0 bridgehead atoms. The standard InChI is InChI=1S/C25H26N6O5/c1-2-20(33)27-13-16(5-12-21(34)35)31-25-22(24(26)28-14-29-25)23(30-31)15-3-8-18(9-4-15)36-19-10-6-17(32)7-11-19/h3-4,6-11,14,16,32H,2,5,12-13H2,1H3,(H,27,33)(H,34,35)(H2,26,28,29). The van der Waals surface area contributed by atoms with Crippen LogP contribution in [-0.2, 0) is 9.59 Å². The number of aliphatic carboxylic acids is 1. The zero-order valence-corrected chi connectivity index (χ0v) is 19.6. The lowest BCUT2D eigenvalue weighted by atomic mass is 10.1. The summed E-state index contributed by atoms with van der Waals surface area (Å²) < 4.78 is 7.43. The molecule has 11 nitrogen and oxygen atoms in total. The van der Waals surface area contributed by atoms with E-state index >= 15 is 0 Å². The summed E-state index contributed by atoms with van der Waals surface area (Å²) in [5.41, 5.74) is 7.91. The van der Waals surface area contributed by atoms with Gasteiger partial charge < -0.3 is 26.0 Å². The van der Waals surface area contributed by atoms with E-state index in [4.69, 9.17) is 15.6 Å². The van der Waals surface area contributed by atoms with Crippen molar-refractivity contribution in [3.8, 4) is 28.5 Å². The first-order valence-corrected chi connectivity index (χ1v) is 11.4. The van der Waals surface area contributed by atoms with Gasteiger partial charge in [0.2, 0.25) is 5.91 Å². The number of nitrogens with one attached hydrogen (secondary N) is 1. The van der Waals surface area contributed by atoms with Crippen LogP contribution >= 0.6 is 0 Å². The maximum Gasteiger partial charge on any atom is 0.303 e. The van der Waals surface area contributed by atoms with Gasteiger partial charge in [-0.15, -0.1) is 0 Å². The number of nitrogens with two attached hydrogens (primary N) is 1. The number of ether oxygens (including phenoxy) is 1. The summed E-state index contributed by atoms with van der Waals surface area (Å²) in [5.74, 6) is 0.445. The van der Waals surface area contributed by atoms with Gasteiger partial charge in [0.1, 0.15) is 35.1 Å². The van der Waals surface area contributed by atoms with Gasteiger partial charge in [-0.25, -0.2) is 14.6 Å². The Labute approximate surface area is 206 Å². The van der Waals surface area contributed by atoms with E-state index in [9.17, 15) is 19.8 Å². The lowest BCUT2D eigenvalue weighted by Crippen LogP contribution is -2.31. The number of carbonyl (C=O) groups is 2. The van der Waals surface area contributed by atoms with E-state index < -0.39 is 12.0 Å². The largest absolute Gasteiger partial charge is 0.508 e. The Morgan fingerprint density at radius 1 is 1.08 bits per heavy atom. The summed E-state index contributed by atoms with van der Waals surface area (Å²) in [6.07, 6.45) is 1.77. The highest BCUT2D eigenvalue weighted by Crippen LogP contribution is 2.34. The number of nitrogen functional groups attached to an aromatic ring is 1. The number of rotatable bonds is 10. The van der Waals surface area contributed by atoms with Crippen LogP contribution in [0.25, 0.3) is 22.3 Å². The fourth-order valence-electron chi connectivity index (χ4n) is 3.74. The Morgan fingerprint density at radius 2 is 1.75 bits per heavy atom. The predicted octanol–water partition coefficient (Wildman–Crippen LogP) is 3.51. The monoisotopic (exact) mass is 490 g/mol. The zero-order valence-electron chi connectivity index (χ0n) is 19.6. The highest BCUT2D eigenvalue weighted by Gasteiger charge is 2.23. The van der Waals surface area contributed by atoms with Crippen molar-refractivity contribution >= 4 is 28.7 Å². The smallest absolute Gasteiger partial charge is 0.303 e. The minimum absolute atomic E-state index is 0.104. The highest BCUT2D eigenvalue weighted by molar-refractivity contribution is 5.98. The van der Waals surface area contributed by atoms with E-state index in [0.717, 1.165) is 5.56 Å². The molecule has 4 aromatic rings. The fourth-order valence-corrected chi connectivity index (χ4v) is 3.74. The number of benzene rings is 2. The first-order chi connectivity index (χ1) is 17.4. The number of nitrogens with zero attached hydrogens (tertiary/aromatic N) is 4. The Kier molecular flexibility index (Phi) is 7.28. The fraction of sp³-hybridized carbons (Fsp3) is 0.240. The highest BCUT2D eigenvalue weighted by atomic mass is 16.5. The number of carboxylic acids is 1. The summed E-state index contributed by atoms with van der Waals surface area (Å²) in [4.78, 5) is 31.6. The molecule has 0 spiro atoms. The molecule has 5 N–H and O–H groups in total. The van der Waals surface area contributed by atoms with Gasteiger partial charge in [-0.1, -0.05) is 6.92 Å². The Balaban J connectivity index is 1.69. The van der Waals surface area contributed by atoms with Crippen LogP contribution in [0.4, 0.5) is 5.82 Å². The molecule has 1 unspecified atom stereocenters. The minimum atomic E-state index is -0.947. The average Bonchev–Trinajstić information content (AvgIpc) is 3.26. The molecule has 0 saturated heterocycles. The number of hydrogen-bond acceptors (Lipinski definition) is 8. The number of fused-ring (bicyclic) bond motifs is 1. The summed E-state index contributed by atoms with van der Waals surface area (Å²) >= 11 is 0. The third-order valence-electron chi connectivity index (χ3n) is 5.61. The number of aromatic hydroxyl groups is 1. The van der Waals surface area contributed by atoms with Crippen LogP contribution in [0.2, 0.25) is 0 Å². The molecular weight excluding hydrogens is 464 g/mol. The predicted molar refractivity (Wildman–Crippen MR) is 133 cm³/mol. The summed E-state index contributed by atoms with van der Waals surface area (Å²) in [6, 6.07) is 13.1. The molecule has 4 rings (SSSR count). The van der Waals surface area contributed by atoms with Crippen molar-refractivity contribution in [3.63, 3.8) is 0 Å². The Bertz CT molecular complexity index is 1370. The van der Waals surface area contributed by atoms with Gasteiger partial charge in [0.25, 0.3) is 0 Å². The van der Waals surface area contributed by atoms with Crippen LogP contribution < -0.4 is 15.8 Å². The summed E-state index contributed by atoms with van der Waals surface area (Å²) in [5, 5.41) is 26.8. The number of hydrogen-bond donors (Lipinski definition) is 4. The Hall–Kier alpha value is -4.67. The van der Waals surface area contributed by atoms with E-state index in [0.29, 0.717) is 34.6 Å². The second-order valence-electron chi connectivity index (χ2n) is 8.11. The number of aromatic nitrogens is 4. The second-order valence-corrected chi connectivity index (χ2v) is 8.11. The van der Waals surface area contributed by atoms with Crippen molar-refractivity contribution in [1.82, 2.24) is 25.1 Å². The van der Waals surface area contributed by atoms with Gasteiger partial charge in [0.15, 0.2) is 5.65 Å². The molecule has 0 aliphatic rings. The van der Waals surface area contributed by atoms with Crippen LogP contribution in [-0.4, -0.2) is 48.4 Å². The summed E-state index contributed by atoms with van der Waals surface area (Å²) in [6.45, 7) is 1.94. The molecule has 0 saturated carbocycles. The van der Waals surface area contributed by atoms with Crippen molar-refractivity contribution in [2.45, 2.75) is 32.2 Å². The number of amides is 1. The van der Waals surface area contributed by atoms with Crippen molar-refractivity contribution < 1.29 is 24.5 Å². The minimum Gasteiger partial charge on any atom is -0.508 e. The molecule has 2 aromatic carbocycles. The molecule has 11 heteroatoms. The maximum atomic E-state index is 11.9. The van der Waals surface area contributed by atoms with Gasteiger partial charge in [-0.2, -0.15) is 5.10 Å². The normalized spacial score (nSPS) is 11.8. The number of carbonyl (C=O) groups excluding carboxylic acids is 1. The van der Waals surface area contributed by atoms with Gasteiger partial charge in [0.05, 0.1) is 11.4 Å². The third kappa shape index (κ3) is 5.52. The van der Waals surface area contributed by atoms with Crippen molar-refractivity contribution in [2.24, 2.45) is 0 Å². The van der Waals surface area contributed by atoms with E-state index in [2.05, 4.69) is 15.3 Å². The van der Waals surface area contributed by atoms with Gasteiger partial charge in [0, 0.05) is 24.9 Å². The van der Waals surface area contributed by atoms with Crippen LogP contribution in [0.3, 0.4) is 0 Å². The van der Waals surface area contributed by atoms with Crippen molar-refractivity contribution in [2.75, 3.05) is 12.3 Å². The third-order valence-corrected chi connectivity index (χ3v) is 5.61. The molecule has 0 aliphatic carbocycles. The number of anilines is 1. The van der Waals surface area contributed by atoms with Crippen molar-refractivity contribution in [1.29, 1.82) is 0 Å². The number of phenols is 1. The first kappa shape index (κ1) is 24.5. The first-order valence-electron chi connectivity index (χ1n) is 11.4. The lowest BCUT2D eigenvalue weighted by molar-refractivity contribution is -0.137. The van der Waals surface area contributed by atoms with Gasteiger partial charge in [-0.05, 0) is 55.0 Å². The molecule has 36 heavy (non-hydrogen) atoms.